The first-order valence-corrected chi connectivity index (χ1v) is 12.0. The molecular formula is C23H31N5O2S. The van der Waals surface area contributed by atoms with E-state index < -0.39 is 0 Å². The third kappa shape index (κ3) is 5.06. The molecular weight excluding hydrogens is 410 g/mol. The minimum absolute atomic E-state index is 0.0110. The molecule has 2 aromatic rings. The van der Waals surface area contributed by atoms with Crippen LogP contribution in [0.5, 0.6) is 0 Å². The average molecular weight is 442 g/mol. The lowest BCUT2D eigenvalue weighted by Gasteiger charge is -2.37. The number of pyridine rings is 1. The highest BCUT2D eigenvalue weighted by Crippen LogP contribution is 2.34. The maximum Gasteiger partial charge on any atom is 0.226 e. The van der Waals surface area contributed by atoms with Crippen molar-refractivity contribution in [2.75, 3.05) is 25.5 Å². The lowest BCUT2D eigenvalue weighted by atomic mass is 9.77. The Labute approximate surface area is 187 Å². The molecule has 166 valence electrons. The highest BCUT2D eigenvalue weighted by molar-refractivity contribution is 7.15. The van der Waals surface area contributed by atoms with E-state index in [9.17, 15) is 9.59 Å². The molecule has 2 N–H and O–H groups in total. The van der Waals surface area contributed by atoms with Crippen molar-refractivity contribution in [3.63, 3.8) is 0 Å². The Morgan fingerprint density at radius 1 is 1.10 bits per heavy atom. The molecule has 2 fully saturated rings. The number of thiazole rings is 1. The van der Waals surface area contributed by atoms with Gasteiger partial charge in [0.1, 0.15) is 5.82 Å². The average Bonchev–Trinajstić information content (AvgIpc) is 3.22. The summed E-state index contributed by atoms with van der Waals surface area (Å²) in [6.45, 7) is 3.49. The fraction of sp³-hybridized carbons (Fsp3) is 0.565. The Morgan fingerprint density at radius 2 is 1.84 bits per heavy atom. The smallest absolute Gasteiger partial charge is 0.226 e. The minimum Gasteiger partial charge on any atom is -0.359 e. The first-order valence-electron chi connectivity index (χ1n) is 11.2. The zero-order valence-electron chi connectivity index (χ0n) is 18.3. The number of rotatable bonds is 5. The highest BCUT2D eigenvalue weighted by Gasteiger charge is 2.38. The largest absolute Gasteiger partial charge is 0.359 e. The van der Waals surface area contributed by atoms with Crippen molar-refractivity contribution in [1.29, 1.82) is 0 Å². The van der Waals surface area contributed by atoms with Crippen LogP contribution in [-0.2, 0) is 9.59 Å². The second kappa shape index (κ2) is 9.77. The van der Waals surface area contributed by atoms with Crippen molar-refractivity contribution >= 4 is 34.1 Å². The summed E-state index contributed by atoms with van der Waals surface area (Å²) in [6.07, 6.45) is 7.34. The lowest BCUT2D eigenvalue weighted by molar-refractivity contribution is -0.144. The van der Waals surface area contributed by atoms with Crippen LogP contribution in [0, 0.1) is 18.8 Å². The summed E-state index contributed by atoms with van der Waals surface area (Å²) in [5.74, 6) is 0.970. The van der Waals surface area contributed by atoms with Crippen LogP contribution in [0.15, 0.2) is 24.4 Å². The molecule has 31 heavy (non-hydrogen) atoms. The Kier molecular flexibility index (Phi) is 6.85. The number of hydrogen-bond donors (Lipinski definition) is 2. The van der Waals surface area contributed by atoms with Crippen LogP contribution in [0.2, 0.25) is 0 Å². The van der Waals surface area contributed by atoms with Crippen molar-refractivity contribution in [2.24, 2.45) is 11.8 Å². The van der Waals surface area contributed by atoms with Crippen LogP contribution in [0.3, 0.4) is 0 Å². The van der Waals surface area contributed by atoms with Crippen LogP contribution >= 0.6 is 11.3 Å². The Balaban J connectivity index is 1.36. The van der Waals surface area contributed by atoms with Gasteiger partial charge < -0.3 is 15.5 Å². The molecule has 0 bridgehead atoms. The van der Waals surface area contributed by atoms with Crippen molar-refractivity contribution in [3.8, 4) is 0 Å². The molecule has 3 heterocycles. The molecule has 1 saturated heterocycles. The molecule has 7 nitrogen and oxygen atoms in total. The summed E-state index contributed by atoms with van der Waals surface area (Å²) >= 11 is 1.61. The molecule has 2 aliphatic rings. The van der Waals surface area contributed by atoms with E-state index in [1.54, 1.807) is 18.4 Å². The van der Waals surface area contributed by atoms with Crippen molar-refractivity contribution < 1.29 is 9.59 Å². The molecule has 4 rings (SSSR count). The van der Waals surface area contributed by atoms with Crippen LogP contribution in [-0.4, -0.2) is 46.8 Å². The van der Waals surface area contributed by atoms with E-state index in [-0.39, 0.29) is 23.7 Å². The normalized spacial score (nSPS) is 22.2. The van der Waals surface area contributed by atoms with Gasteiger partial charge in [-0.15, -0.1) is 11.3 Å². The summed E-state index contributed by atoms with van der Waals surface area (Å²) in [5, 5.41) is 6.88. The predicted octanol–water partition coefficient (Wildman–Crippen LogP) is 3.85. The third-order valence-corrected chi connectivity index (χ3v) is 7.35. The zero-order valence-corrected chi connectivity index (χ0v) is 19.1. The number of anilines is 2. The molecule has 0 radical (unpaired) electrons. The van der Waals surface area contributed by atoms with Gasteiger partial charge in [-0.05, 0) is 44.7 Å². The summed E-state index contributed by atoms with van der Waals surface area (Å²) in [4.78, 5) is 37.8. The standard InChI is InChI=1S/C23H31N5O2S/c1-15-14-25-23(31-15)27-20-9-5-8-19(26-20)16-10-12-28(13-11-16)22(30)18-7-4-3-6-17(18)21(29)24-2/h5,8-9,14,16-18H,3-4,6-7,10-13H2,1-2H3,(H,24,29)(H,25,26,27)/t17-,18+/m1/s1. The van der Waals surface area contributed by atoms with E-state index in [1.165, 1.54) is 0 Å². The molecule has 2 atom stereocenters. The minimum atomic E-state index is -0.178. The van der Waals surface area contributed by atoms with Gasteiger partial charge in [-0.2, -0.15) is 0 Å². The maximum absolute atomic E-state index is 13.2. The highest BCUT2D eigenvalue weighted by atomic mass is 32.1. The summed E-state index contributed by atoms with van der Waals surface area (Å²) in [7, 11) is 1.66. The second-order valence-electron chi connectivity index (χ2n) is 8.56. The van der Waals surface area contributed by atoms with Gasteiger partial charge in [-0.25, -0.2) is 9.97 Å². The molecule has 0 spiro atoms. The topological polar surface area (TPSA) is 87.2 Å². The van der Waals surface area contributed by atoms with Crippen molar-refractivity contribution in [2.45, 2.75) is 51.4 Å². The van der Waals surface area contributed by atoms with E-state index >= 15 is 0 Å². The first-order chi connectivity index (χ1) is 15.0. The van der Waals surface area contributed by atoms with E-state index in [1.807, 2.05) is 30.2 Å². The number of aromatic nitrogens is 2. The molecule has 1 saturated carbocycles. The number of carbonyl (C=O) groups excluding carboxylic acids is 2. The van der Waals surface area contributed by atoms with Crippen LogP contribution in [0.1, 0.15) is 55.0 Å². The van der Waals surface area contributed by atoms with E-state index in [0.29, 0.717) is 5.92 Å². The number of carbonyl (C=O) groups is 2. The van der Waals surface area contributed by atoms with Gasteiger partial charge >= 0.3 is 0 Å². The van der Waals surface area contributed by atoms with Gasteiger partial charge in [0.25, 0.3) is 0 Å². The fourth-order valence-corrected chi connectivity index (χ4v) is 5.50. The van der Waals surface area contributed by atoms with Crippen molar-refractivity contribution in [1.82, 2.24) is 20.2 Å². The van der Waals surface area contributed by atoms with Crippen LogP contribution in [0.4, 0.5) is 10.9 Å². The maximum atomic E-state index is 13.2. The predicted molar refractivity (Wildman–Crippen MR) is 122 cm³/mol. The molecule has 0 aromatic carbocycles. The second-order valence-corrected chi connectivity index (χ2v) is 9.79. The van der Waals surface area contributed by atoms with Gasteiger partial charge in [0, 0.05) is 54.7 Å². The SMILES string of the molecule is CNC(=O)[C@@H]1CCCC[C@@H]1C(=O)N1CCC(c2cccc(Nc3ncc(C)s3)n2)CC1. The zero-order chi connectivity index (χ0) is 21.8. The monoisotopic (exact) mass is 441 g/mol. The summed E-state index contributed by atoms with van der Waals surface area (Å²) < 4.78 is 0. The molecule has 0 unspecified atom stereocenters. The number of piperidine rings is 1. The number of nitrogens with zero attached hydrogens (tertiary/aromatic N) is 3. The van der Waals surface area contributed by atoms with Crippen LogP contribution in [0.25, 0.3) is 0 Å². The third-order valence-electron chi connectivity index (χ3n) is 6.52. The van der Waals surface area contributed by atoms with Gasteiger partial charge in [0.05, 0.1) is 0 Å². The molecule has 1 aliphatic heterocycles. The molecule has 2 aromatic heterocycles. The Morgan fingerprint density at radius 3 is 2.52 bits per heavy atom. The van der Waals surface area contributed by atoms with Gasteiger partial charge in [-0.3, -0.25) is 9.59 Å². The van der Waals surface area contributed by atoms with Gasteiger partial charge in [0.2, 0.25) is 11.8 Å². The first kappa shape index (κ1) is 21.7. The van der Waals surface area contributed by atoms with Crippen LogP contribution < -0.4 is 10.6 Å². The number of amides is 2. The van der Waals surface area contributed by atoms with E-state index in [4.69, 9.17) is 4.98 Å². The quantitative estimate of drug-likeness (QED) is 0.736. The Hall–Kier alpha value is -2.48. The number of aryl methyl sites for hydroxylation is 1. The molecule has 2 amide bonds. The summed E-state index contributed by atoms with van der Waals surface area (Å²) in [5.41, 5.74) is 1.06. The lowest BCUT2D eigenvalue weighted by Crippen LogP contribution is -2.47. The van der Waals surface area contributed by atoms with Crippen molar-refractivity contribution in [3.05, 3.63) is 35.0 Å². The fourth-order valence-electron chi connectivity index (χ4n) is 4.83. The number of nitrogens with one attached hydrogen (secondary N) is 2. The number of hydrogen-bond acceptors (Lipinski definition) is 6. The van der Waals surface area contributed by atoms with Gasteiger partial charge in [-0.1, -0.05) is 18.9 Å². The van der Waals surface area contributed by atoms with E-state index in [2.05, 4.69) is 21.7 Å². The number of likely N-dealkylation sites (tertiary alicyclic amines) is 1. The van der Waals surface area contributed by atoms with Gasteiger partial charge in [0.15, 0.2) is 5.13 Å². The Bertz CT molecular complexity index is 922. The molecule has 8 heteroatoms. The van der Waals surface area contributed by atoms with E-state index in [0.717, 1.165) is 73.1 Å². The molecule has 1 aliphatic carbocycles. The summed E-state index contributed by atoms with van der Waals surface area (Å²) in [6, 6.07) is 6.06.